The number of aliphatic hydroxyl groups excluding tert-OH is 1. The molecular weight excluding hydrogens is 246 g/mol. The van der Waals surface area contributed by atoms with E-state index < -0.39 is 0 Å². The lowest BCUT2D eigenvalue weighted by Crippen LogP contribution is -2.47. The van der Waals surface area contributed by atoms with Gasteiger partial charge in [-0.15, -0.1) is 0 Å². The quantitative estimate of drug-likeness (QED) is 0.818. The van der Waals surface area contributed by atoms with Crippen LogP contribution in [-0.2, 0) is 0 Å². The highest BCUT2D eigenvalue weighted by Gasteiger charge is 2.27. The maximum atomic E-state index is 10.6. The largest absolute Gasteiger partial charge is 0.391 e. The smallest absolute Gasteiger partial charge is 0.0695 e. The Bertz CT molecular complexity index is 242. The van der Waals surface area contributed by atoms with Gasteiger partial charge in [0.15, 0.2) is 0 Å². The molecule has 1 N–H and O–H groups in total. The monoisotopic (exact) mass is 283 g/mol. The Kier molecular flexibility index (Phi) is 8.79. The normalized spacial score (nSPS) is 28.9. The summed E-state index contributed by atoms with van der Waals surface area (Å²) >= 11 is 0. The molecule has 1 aliphatic rings. The highest BCUT2D eigenvalue weighted by Crippen LogP contribution is 2.23. The molecule has 2 nitrogen and oxygen atoms in total. The van der Waals surface area contributed by atoms with Crippen LogP contribution in [0.3, 0.4) is 0 Å². The molecule has 0 aliphatic heterocycles. The van der Waals surface area contributed by atoms with Crippen molar-refractivity contribution in [2.75, 3.05) is 7.05 Å². The molecule has 0 amide bonds. The van der Waals surface area contributed by atoms with Crippen LogP contribution in [0, 0.1) is 5.92 Å². The van der Waals surface area contributed by atoms with E-state index in [0.29, 0.717) is 18.0 Å². The molecule has 0 spiro atoms. The molecule has 0 heterocycles. The van der Waals surface area contributed by atoms with Gasteiger partial charge < -0.3 is 5.11 Å². The summed E-state index contributed by atoms with van der Waals surface area (Å²) in [6, 6.07) is 0.898. The molecule has 0 aromatic rings. The van der Waals surface area contributed by atoms with E-state index in [0.717, 1.165) is 12.8 Å². The van der Waals surface area contributed by atoms with Gasteiger partial charge in [-0.3, -0.25) is 4.90 Å². The Balaban J connectivity index is 2.60. The molecule has 1 fully saturated rings. The fraction of sp³-hybridized carbons (Fsp3) is 1.00. The molecular formula is C18H37NO. The summed E-state index contributed by atoms with van der Waals surface area (Å²) in [5, 5.41) is 10.6. The summed E-state index contributed by atoms with van der Waals surface area (Å²) in [5.41, 5.74) is 0. The van der Waals surface area contributed by atoms with E-state index >= 15 is 0 Å². The predicted octanol–water partition coefficient (Wildman–Crippen LogP) is 4.61. The van der Waals surface area contributed by atoms with Gasteiger partial charge in [0.1, 0.15) is 0 Å². The first-order chi connectivity index (χ1) is 9.54. The van der Waals surface area contributed by atoms with Crippen molar-refractivity contribution in [2.45, 2.75) is 103 Å². The van der Waals surface area contributed by atoms with Gasteiger partial charge in [-0.1, -0.05) is 65.2 Å². The van der Waals surface area contributed by atoms with Crippen LogP contribution in [0.15, 0.2) is 0 Å². The van der Waals surface area contributed by atoms with Gasteiger partial charge in [0.25, 0.3) is 0 Å². The summed E-state index contributed by atoms with van der Waals surface area (Å²) in [7, 11) is 2.21. The summed E-state index contributed by atoms with van der Waals surface area (Å²) in [6.45, 7) is 6.86. The van der Waals surface area contributed by atoms with E-state index in [1.165, 1.54) is 51.4 Å². The van der Waals surface area contributed by atoms with Crippen molar-refractivity contribution in [3.63, 3.8) is 0 Å². The molecule has 1 saturated carbocycles. The molecule has 1 aliphatic carbocycles. The van der Waals surface area contributed by atoms with Gasteiger partial charge in [-0.05, 0) is 32.7 Å². The minimum atomic E-state index is -0.138. The van der Waals surface area contributed by atoms with Gasteiger partial charge >= 0.3 is 0 Å². The van der Waals surface area contributed by atoms with Gasteiger partial charge in [0.05, 0.1) is 6.10 Å². The van der Waals surface area contributed by atoms with Crippen LogP contribution >= 0.6 is 0 Å². The molecule has 0 bridgehead atoms. The van der Waals surface area contributed by atoms with E-state index in [1.54, 1.807) is 0 Å². The lowest BCUT2D eigenvalue weighted by atomic mass is 9.93. The Morgan fingerprint density at radius 2 is 1.25 bits per heavy atom. The SMILES string of the molecule is CC(C)C(C)N(C)C1CCCCCCCCCCC1O. The molecule has 20 heavy (non-hydrogen) atoms. The van der Waals surface area contributed by atoms with Crippen LogP contribution in [0.1, 0.15) is 85.0 Å². The molecule has 1 rings (SSSR count). The summed E-state index contributed by atoms with van der Waals surface area (Å²) in [4.78, 5) is 2.45. The van der Waals surface area contributed by atoms with E-state index in [4.69, 9.17) is 0 Å². The highest BCUT2D eigenvalue weighted by atomic mass is 16.3. The molecule has 120 valence electrons. The fourth-order valence-corrected chi connectivity index (χ4v) is 3.40. The first-order valence-electron chi connectivity index (χ1n) is 8.94. The number of hydrogen-bond donors (Lipinski definition) is 1. The summed E-state index contributed by atoms with van der Waals surface area (Å²) in [6.07, 6.45) is 12.7. The number of aliphatic hydroxyl groups is 1. The maximum absolute atomic E-state index is 10.6. The summed E-state index contributed by atoms with van der Waals surface area (Å²) < 4.78 is 0. The van der Waals surface area contributed by atoms with E-state index in [9.17, 15) is 5.11 Å². The Labute approximate surface area is 126 Å². The molecule has 0 radical (unpaired) electrons. The van der Waals surface area contributed by atoms with E-state index in [-0.39, 0.29) is 6.10 Å². The number of hydrogen-bond acceptors (Lipinski definition) is 2. The topological polar surface area (TPSA) is 23.5 Å². The van der Waals surface area contributed by atoms with E-state index in [2.05, 4.69) is 32.7 Å². The van der Waals surface area contributed by atoms with Crippen molar-refractivity contribution >= 4 is 0 Å². The van der Waals surface area contributed by atoms with Crippen molar-refractivity contribution in [3.05, 3.63) is 0 Å². The molecule has 3 unspecified atom stereocenters. The van der Waals surface area contributed by atoms with Gasteiger partial charge in [0, 0.05) is 12.1 Å². The third-order valence-corrected chi connectivity index (χ3v) is 5.32. The van der Waals surface area contributed by atoms with Crippen molar-refractivity contribution in [1.82, 2.24) is 4.90 Å². The number of likely N-dealkylation sites (N-methyl/N-ethyl adjacent to an activating group) is 1. The van der Waals surface area contributed by atoms with Crippen LogP contribution in [-0.4, -0.2) is 35.2 Å². The second-order valence-electron chi connectivity index (χ2n) is 7.19. The van der Waals surface area contributed by atoms with Crippen LogP contribution in [0.25, 0.3) is 0 Å². The Hall–Kier alpha value is -0.0800. The number of rotatable bonds is 3. The second-order valence-corrected chi connectivity index (χ2v) is 7.19. The zero-order valence-electron chi connectivity index (χ0n) is 14.3. The first kappa shape index (κ1) is 18.0. The zero-order chi connectivity index (χ0) is 15.0. The Morgan fingerprint density at radius 1 is 0.800 bits per heavy atom. The summed E-state index contributed by atoms with van der Waals surface area (Å²) in [5.74, 6) is 0.647. The van der Waals surface area contributed by atoms with Crippen molar-refractivity contribution in [1.29, 1.82) is 0 Å². The molecule has 3 atom stereocenters. The lowest BCUT2D eigenvalue weighted by molar-refractivity contribution is 0.0212. The fourth-order valence-electron chi connectivity index (χ4n) is 3.40. The molecule has 2 heteroatoms. The van der Waals surface area contributed by atoms with Gasteiger partial charge in [0.2, 0.25) is 0 Å². The molecule has 0 aromatic heterocycles. The third kappa shape index (κ3) is 6.13. The van der Waals surface area contributed by atoms with Gasteiger partial charge in [-0.25, -0.2) is 0 Å². The van der Waals surface area contributed by atoms with Crippen LogP contribution in [0.4, 0.5) is 0 Å². The van der Waals surface area contributed by atoms with Crippen molar-refractivity contribution in [2.24, 2.45) is 5.92 Å². The first-order valence-corrected chi connectivity index (χ1v) is 8.94. The zero-order valence-corrected chi connectivity index (χ0v) is 14.3. The van der Waals surface area contributed by atoms with Crippen molar-refractivity contribution < 1.29 is 5.11 Å². The minimum Gasteiger partial charge on any atom is -0.391 e. The third-order valence-electron chi connectivity index (χ3n) is 5.32. The highest BCUT2D eigenvalue weighted by molar-refractivity contribution is 4.82. The van der Waals surface area contributed by atoms with Crippen LogP contribution in [0.5, 0.6) is 0 Å². The Morgan fingerprint density at radius 3 is 1.75 bits per heavy atom. The van der Waals surface area contributed by atoms with Gasteiger partial charge in [-0.2, -0.15) is 0 Å². The number of nitrogens with zero attached hydrogens (tertiary/aromatic N) is 1. The standard InChI is InChI=1S/C18H37NO/c1-15(2)16(3)19(4)17-13-11-9-7-5-6-8-10-12-14-18(17)20/h15-18,20H,5-14H2,1-4H3. The predicted molar refractivity (Wildman–Crippen MR) is 88.0 cm³/mol. The average molecular weight is 283 g/mol. The molecule has 0 saturated heterocycles. The lowest BCUT2D eigenvalue weighted by Gasteiger charge is -2.38. The molecule has 0 aromatic carbocycles. The second kappa shape index (κ2) is 9.78. The van der Waals surface area contributed by atoms with Crippen LogP contribution in [0.2, 0.25) is 0 Å². The van der Waals surface area contributed by atoms with Crippen LogP contribution < -0.4 is 0 Å². The average Bonchev–Trinajstić information content (AvgIpc) is 2.41. The van der Waals surface area contributed by atoms with Crippen molar-refractivity contribution in [3.8, 4) is 0 Å². The minimum absolute atomic E-state index is 0.138. The maximum Gasteiger partial charge on any atom is 0.0695 e. The van der Waals surface area contributed by atoms with E-state index in [1.807, 2.05) is 0 Å².